The lowest BCUT2D eigenvalue weighted by Crippen LogP contribution is -2.41. The first-order valence-corrected chi connectivity index (χ1v) is 6.24. The van der Waals surface area contributed by atoms with Crippen molar-refractivity contribution in [1.82, 2.24) is 5.32 Å². The Hall–Kier alpha value is -2.24. The summed E-state index contributed by atoms with van der Waals surface area (Å²) in [5.41, 5.74) is 0.672. The summed E-state index contributed by atoms with van der Waals surface area (Å²) in [6.07, 6.45) is 0.387. The van der Waals surface area contributed by atoms with E-state index in [9.17, 15) is 9.59 Å². The number of carbonyl (C=O) groups is 2. The third-order valence-corrected chi connectivity index (χ3v) is 2.89. The van der Waals surface area contributed by atoms with Crippen LogP contribution in [0.15, 0.2) is 18.2 Å². The summed E-state index contributed by atoms with van der Waals surface area (Å²) in [7, 11) is 3.04. The summed E-state index contributed by atoms with van der Waals surface area (Å²) in [5.74, 6) is -0.240. The predicted molar refractivity (Wildman–Crippen MR) is 73.1 cm³/mol. The number of rotatable bonds is 7. The minimum atomic E-state index is -1.04. The van der Waals surface area contributed by atoms with E-state index in [0.29, 0.717) is 23.5 Å². The predicted octanol–water partition coefficient (Wildman–Crippen LogP) is 1.23. The van der Waals surface area contributed by atoms with Crippen LogP contribution in [0.1, 0.15) is 18.9 Å². The molecule has 1 unspecified atom stereocenters. The highest BCUT2D eigenvalue weighted by atomic mass is 16.5. The molecule has 0 radical (unpaired) electrons. The van der Waals surface area contributed by atoms with Crippen LogP contribution in [0.4, 0.5) is 0 Å². The molecule has 0 aromatic heterocycles. The van der Waals surface area contributed by atoms with E-state index in [1.54, 1.807) is 32.2 Å². The van der Waals surface area contributed by atoms with Gasteiger partial charge in [0.2, 0.25) is 5.91 Å². The number of ether oxygens (including phenoxy) is 2. The number of carboxylic acid groups (broad SMARTS) is 1. The van der Waals surface area contributed by atoms with Crippen molar-refractivity contribution in [3.8, 4) is 11.5 Å². The van der Waals surface area contributed by atoms with Crippen LogP contribution in [0.25, 0.3) is 0 Å². The van der Waals surface area contributed by atoms with Crippen molar-refractivity contribution in [3.05, 3.63) is 23.8 Å². The fourth-order valence-corrected chi connectivity index (χ4v) is 1.75. The highest BCUT2D eigenvalue weighted by Crippen LogP contribution is 2.24. The molecule has 1 aromatic carbocycles. The zero-order valence-corrected chi connectivity index (χ0v) is 11.8. The first kappa shape index (κ1) is 15.8. The number of carboxylic acids is 1. The molecule has 1 aromatic rings. The minimum Gasteiger partial charge on any atom is -0.497 e. The van der Waals surface area contributed by atoms with Crippen LogP contribution in [0, 0.1) is 0 Å². The Morgan fingerprint density at radius 2 is 2.00 bits per heavy atom. The SMILES string of the molecule is CCC(NC(=O)Cc1ccc(OC)cc1OC)C(=O)O. The summed E-state index contributed by atoms with van der Waals surface area (Å²) < 4.78 is 10.3. The number of methoxy groups -OCH3 is 2. The van der Waals surface area contributed by atoms with Crippen LogP contribution in [0.5, 0.6) is 11.5 Å². The Morgan fingerprint density at radius 1 is 1.30 bits per heavy atom. The molecule has 20 heavy (non-hydrogen) atoms. The number of carbonyl (C=O) groups excluding carboxylic acids is 1. The standard InChI is InChI=1S/C14H19NO5/c1-4-11(14(17)18)15-13(16)7-9-5-6-10(19-2)8-12(9)20-3/h5-6,8,11H,4,7H2,1-3H3,(H,15,16)(H,17,18). The Kier molecular flexibility index (Phi) is 5.83. The first-order chi connectivity index (χ1) is 9.51. The van der Waals surface area contributed by atoms with Crippen LogP contribution in [-0.4, -0.2) is 37.2 Å². The summed E-state index contributed by atoms with van der Waals surface area (Å²) in [4.78, 5) is 22.7. The maximum Gasteiger partial charge on any atom is 0.326 e. The Bertz CT molecular complexity index is 486. The topological polar surface area (TPSA) is 84.9 Å². The fourth-order valence-electron chi connectivity index (χ4n) is 1.75. The van der Waals surface area contributed by atoms with Gasteiger partial charge in [-0.25, -0.2) is 4.79 Å². The third-order valence-electron chi connectivity index (χ3n) is 2.89. The molecule has 0 saturated heterocycles. The van der Waals surface area contributed by atoms with E-state index < -0.39 is 12.0 Å². The normalized spacial score (nSPS) is 11.6. The number of amides is 1. The number of aliphatic carboxylic acids is 1. The monoisotopic (exact) mass is 281 g/mol. The van der Waals surface area contributed by atoms with E-state index in [-0.39, 0.29) is 12.3 Å². The molecule has 0 saturated carbocycles. The van der Waals surface area contributed by atoms with E-state index in [4.69, 9.17) is 14.6 Å². The highest BCUT2D eigenvalue weighted by Gasteiger charge is 2.18. The molecule has 0 aliphatic carbocycles. The van der Waals surface area contributed by atoms with Crippen molar-refractivity contribution in [3.63, 3.8) is 0 Å². The van der Waals surface area contributed by atoms with E-state index in [1.165, 1.54) is 7.11 Å². The van der Waals surface area contributed by atoms with Gasteiger partial charge in [-0.2, -0.15) is 0 Å². The number of hydrogen-bond acceptors (Lipinski definition) is 4. The number of hydrogen-bond donors (Lipinski definition) is 2. The molecular formula is C14H19NO5. The molecule has 6 heteroatoms. The van der Waals surface area contributed by atoms with Crippen molar-refractivity contribution in [2.75, 3.05) is 14.2 Å². The highest BCUT2D eigenvalue weighted by molar-refractivity contribution is 5.85. The van der Waals surface area contributed by atoms with E-state index in [0.717, 1.165) is 0 Å². The minimum absolute atomic E-state index is 0.0525. The summed E-state index contributed by atoms with van der Waals surface area (Å²) in [5, 5.41) is 11.4. The summed E-state index contributed by atoms with van der Waals surface area (Å²) in [6.45, 7) is 1.70. The van der Waals surface area contributed by atoms with Gasteiger partial charge in [0, 0.05) is 11.6 Å². The van der Waals surface area contributed by atoms with E-state index in [1.807, 2.05) is 0 Å². The smallest absolute Gasteiger partial charge is 0.326 e. The lowest BCUT2D eigenvalue weighted by Gasteiger charge is -2.14. The molecule has 1 rings (SSSR count). The largest absolute Gasteiger partial charge is 0.497 e. The fraction of sp³-hybridized carbons (Fsp3) is 0.429. The van der Waals surface area contributed by atoms with Gasteiger partial charge in [-0.3, -0.25) is 4.79 Å². The van der Waals surface area contributed by atoms with Gasteiger partial charge in [0.15, 0.2) is 0 Å². The van der Waals surface area contributed by atoms with E-state index in [2.05, 4.69) is 5.32 Å². The maximum atomic E-state index is 11.8. The van der Waals surface area contributed by atoms with E-state index >= 15 is 0 Å². The summed E-state index contributed by atoms with van der Waals surface area (Å²) >= 11 is 0. The molecule has 6 nitrogen and oxygen atoms in total. The lowest BCUT2D eigenvalue weighted by molar-refractivity contribution is -0.141. The van der Waals surface area contributed by atoms with Crippen molar-refractivity contribution in [2.24, 2.45) is 0 Å². The number of nitrogens with one attached hydrogen (secondary N) is 1. The molecule has 0 heterocycles. The zero-order chi connectivity index (χ0) is 15.1. The molecule has 0 spiro atoms. The van der Waals surface area contributed by atoms with Crippen LogP contribution in [0.3, 0.4) is 0 Å². The van der Waals surface area contributed by atoms with Crippen molar-refractivity contribution in [2.45, 2.75) is 25.8 Å². The van der Waals surface area contributed by atoms with Crippen molar-refractivity contribution < 1.29 is 24.2 Å². The number of benzene rings is 1. The molecule has 0 aliphatic heterocycles. The molecule has 110 valence electrons. The van der Waals surface area contributed by atoms with Gasteiger partial charge in [0.1, 0.15) is 17.5 Å². The molecule has 0 fully saturated rings. The van der Waals surface area contributed by atoms with Crippen LogP contribution in [-0.2, 0) is 16.0 Å². The third kappa shape index (κ3) is 4.15. The average molecular weight is 281 g/mol. The van der Waals surface area contributed by atoms with Crippen molar-refractivity contribution in [1.29, 1.82) is 0 Å². The van der Waals surface area contributed by atoms with Gasteiger partial charge in [-0.1, -0.05) is 13.0 Å². The quantitative estimate of drug-likeness (QED) is 0.785. The average Bonchev–Trinajstić information content (AvgIpc) is 2.44. The van der Waals surface area contributed by atoms with Crippen molar-refractivity contribution >= 4 is 11.9 Å². The van der Waals surface area contributed by atoms with Gasteiger partial charge < -0.3 is 19.9 Å². The van der Waals surface area contributed by atoms with Gasteiger partial charge in [-0.05, 0) is 12.5 Å². The molecule has 2 N–H and O–H groups in total. The first-order valence-electron chi connectivity index (χ1n) is 6.24. The molecule has 0 aliphatic rings. The molecular weight excluding hydrogens is 262 g/mol. The molecule has 1 amide bonds. The van der Waals surface area contributed by atoms with Crippen LogP contribution < -0.4 is 14.8 Å². The second-order valence-corrected chi connectivity index (χ2v) is 4.22. The zero-order valence-electron chi connectivity index (χ0n) is 11.8. The lowest BCUT2D eigenvalue weighted by atomic mass is 10.1. The molecule has 1 atom stereocenters. The van der Waals surface area contributed by atoms with Gasteiger partial charge in [0.05, 0.1) is 20.6 Å². The Balaban J connectivity index is 2.77. The van der Waals surface area contributed by atoms with Gasteiger partial charge in [0.25, 0.3) is 0 Å². The second kappa shape index (κ2) is 7.37. The Labute approximate surface area is 117 Å². The maximum absolute atomic E-state index is 11.8. The summed E-state index contributed by atoms with van der Waals surface area (Å²) in [6, 6.07) is 4.25. The Morgan fingerprint density at radius 3 is 2.50 bits per heavy atom. The second-order valence-electron chi connectivity index (χ2n) is 4.22. The molecule has 0 bridgehead atoms. The van der Waals surface area contributed by atoms with Crippen LogP contribution in [0.2, 0.25) is 0 Å². The van der Waals surface area contributed by atoms with Crippen LogP contribution >= 0.6 is 0 Å². The van der Waals surface area contributed by atoms with Gasteiger partial charge >= 0.3 is 5.97 Å². The van der Waals surface area contributed by atoms with Gasteiger partial charge in [-0.15, -0.1) is 0 Å².